The molecule has 0 saturated heterocycles. The molecule has 128 valence electrons. The average Bonchev–Trinajstić information content (AvgIpc) is 2.55. The van der Waals surface area contributed by atoms with Crippen LogP contribution in [-0.4, -0.2) is 14.3 Å². The fourth-order valence-electron chi connectivity index (χ4n) is 3.87. The number of nitrogens with two attached hydrogens (primary N) is 2. The molecule has 0 amide bonds. The summed E-state index contributed by atoms with van der Waals surface area (Å²) in [5.41, 5.74) is 15.4. The van der Waals surface area contributed by atoms with Crippen LogP contribution >= 0.6 is 31.9 Å². The SMILES string of the molecule is NC1(Cc2ccccc2)CCCC(Br)(Br)C1(N)Cc1ccccc1. The molecule has 1 saturated carbocycles. The fraction of sp³-hybridized carbons (Fsp3) is 0.400. The highest BCUT2D eigenvalue weighted by molar-refractivity contribution is 9.25. The fourth-order valence-corrected chi connectivity index (χ4v) is 5.50. The van der Waals surface area contributed by atoms with Gasteiger partial charge >= 0.3 is 0 Å². The first-order valence-electron chi connectivity index (χ1n) is 8.40. The molecule has 2 unspecified atom stereocenters. The smallest absolute Gasteiger partial charge is 0.100 e. The summed E-state index contributed by atoms with van der Waals surface area (Å²) in [6.07, 6.45) is 4.44. The third-order valence-corrected chi connectivity index (χ3v) is 7.55. The first-order valence-corrected chi connectivity index (χ1v) is 9.98. The van der Waals surface area contributed by atoms with Crippen molar-refractivity contribution < 1.29 is 0 Å². The third kappa shape index (κ3) is 3.34. The normalized spacial score (nSPS) is 29.3. The van der Waals surface area contributed by atoms with Crippen molar-refractivity contribution in [3.05, 3.63) is 71.8 Å². The van der Waals surface area contributed by atoms with Crippen molar-refractivity contribution in [2.75, 3.05) is 0 Å². The summed E-state index contributed by atoms with van der Waals surface area (Å²) >= 11 is 7.75. The zero-order valence-corrected chi connectivity index (χ0v) is 16.9. The van der Waals surface area contributed by atoms with E-state index in [0.717, 1.165) is 32.1 Å². The number of hydrogen-bond acceptors (Lipinski definition) is 2. The van der Waals surface area contributed by atoms with Gasteiger partial charge < -0.3 is 11.5 Å². The number of halogens is 2. The molecule has 2 aromatic rings. The lowest BCUT2D eigenvalue weighted by Crippen LogP contribution is -2.76. The second-order valence-corrected chi connectivity index (χ2v) is 10.8. The third-order valence-electron chi connectivity index (χ3n) is 5.34. The molecule has 2 aromatic carbocycles. The van der Waals surface area contributed by atoms with Gasteiger partial charge in [-0.3, -0.25) is 0 Å². The molecular formula is C20H24Br2N2. The van der Waals surface area contributed by atoms with Crippen LogP contribution in [0.1, 0.15) is 30.4 Å². The highest BCUT2D eigenvalue weighted by Gasteiger charge is 2.59. The zero-order chi connectivity index (χ0) is 17.3. The quantitative estimate of drug-likeness (QED) is 0.670. The highest BCUT2D eigenvalue weighted by Crippen LogP contribution is 2.52. The lowest BCUT2D eigenvalue weighted by molar-refractivity contribution is 0.145. The summed E-state index contributed by atoms with van der Waals surface area (Å²) in [5.74, 6) is 0. The van der Waals surface area contributed by atoms with Crippen LogP contribution in [0.5, 0.6) is 0 Å². The molecule has 2 atom stereocenters. The van der Waals surface area contributed by atoms with E-state index >= 15 is 0 Å². The average molecular weight is 452 g/mol. The van der Waals surface area contributed by atoms with E-state index in [9.17, 15) is 0 Å². The van der Waals surface area contributed by atoms with Crippen molar-refractivity contribution in [2.24, 2.45) is 11.5 Å². The van der Waals surface area contributed by atoms with Gasteiger partial charge in [0.25, 0.3) is 0 Å². The molecule has 4 heteroatoms. The van der Waals surface area contributed by atoms with E-state index < -0.39 is 11.1 Å². The summed E-state index contributed by atoms with van der Waals surface area (Å²) in [5, 5.41) is 0. The van der Waals surface area contributed by atoms with Crippen molar-refractivity contribution in [1.29, 1.82) is 0 Å². The Hall–Kier alpha value is -0.680. The first-order chi connectivity index (χ1) is 11.4. The molecule has 4 N–H and O–H groups in total. The molecule has 24 heavy (non-hydrogen) atoms. The molecule has 1 aliphatic carbocycles. The summed E-state index contributed by atoms with van der Waals surface area (Å²) in [6.45, 7) is 0. The Balaban J connectivity index is 1.98. The lowest BCUT2D eigenvalue weighted by atomic mass is 9.63. The molecule has 1 aliphatic rings. The van der Waals surface area contributed by atoms with Gasteiger partial charge in [-0.25, -0.2) is 0 Å². The van der Waals surface area contributed by atoms with Crippen LogP contribution in [0.15, 0.2) is 60.7 Å². The molecule has 2 nitrogen and oxygen atoms in total. The highest BCUT2D eigenvalue weighted by atomic mass is 79.9. The second kappa shape index (κ2) is 6.91. The minimum absolute atomic E-state index is 0.370. The van der Waals surface area contributed by atoms with Crippen LogP contribution < -0.4 is 11.5 Å². The molecule has 0 aromatic heterocycles. The van der Waals surface area contributed by atoms with Crippen LogP contribution in [0, 0.1) is 0 Å². The summed E-state index contributed by atoms with van der Waals surface area (Å²) in [6, 6.07) is 20.8. The Morgan fingerprint density at radius 3 is 1.79 bits per heavy atom. The largest absolute Gasteiger partial charge is 0.323 e. The maximum atomic E-state index is 7.08. The van der Waals surface area contributed by atoms with E-state index in [-0.39, 0.29) is 3.23 Å². The number of benzene rings is 2. The van der Waals surface area contributed by atoms with Gasteiger partial charge in [0.15, 0.2) is 0 Å². The van der Waals surface area contributed by atoms with E-state index in [1.54, 1.807) is 0 Å². The molecule has 1 fully saturated rings. The lowest BCUT2D eigenvalue weighted by Gasteiger charge is -2.56. The first kappa shape index (κ1) is 18.1. The van der Waals surface area contributed by atoms with E-state index in [4.69, 9.17) is 11.5 Å². The minimum Gasteiger partial charge on any atom is -0.323 e. The van der Waals surface area contributed by atoms with Gasteiger partial charge in [0, 0.05) is 5.54 Å². The van der Waals surface area contributed by atoms with Gasteiger partial charge in [0.1, 0.15) is 3.23 Å². The summed E-state index contributed by atoms with van der Waals surface area (Å²) in [4.78, 5) is 0. The van der Waals surface area contributed by atoms with E-state index in [0.29, 0.717) is 0 Å². The van der Waals surface area contributed by atoms with Crippen LogP contribution in [0.2, 0.25) is 0 Å². The molecule has 0 radical (unpaired) electrons. The van der Waals surface area contributed by atoms with E-state index in [1.807, 2.05) is 12.1 Å². The Labute approximate surface area is 161 Å². The van der Waals surface area contributed by atoms with Crippen LogP contribution in [-0.2, 0) is 12.8 Å². The number of alkyl halides is 2. The van der Waals surface area contributed by atoms with Crippen molar-refractivity contribution in [3.63, 3.8) is 0 Å². The van der Waals surface area contributed by atoms with Gasteiger partial charge in [-0.2, -0.15) is 0 Å². The molecule has 0 spiro atoms. The maximum Gasteiger partial charge on any atom is 0.100 e. The van der Waals surface area contributed by atoms with Gasteiger partial charge in [0.2, 0.25) is 0 Å². The number of rotatable bonds is 4. The van der Waals surface area contributed by atoms with Crippen LogP contribution in [0.3, 0.4) is 0 Å². The zero-order valence-electron chi connectivity index (χ0n) is 13.7. The standard InChI is InChI=1S/C20H24Br2N2/c21-20(22)13-7-12-18(23,14-16-8-3-1-4-9-16)19(20,24)15-17-10-5-2-6-11-17/h1-6,8-11H,7,12-15,23-24H2. The van der Waals surface area contributed by atoms with Crippen LogP contribution in [0.4, 0.5) is 0 Å². The Kier molecular flexibility index (Phi) is 5.22. The molecule has 0 aliphatic heterocycles. The van der Waals surface area contributed by atoms with Gasteiger partial charge in [-0.1, -0.05) is 92.5 Å². The Morgan fingerprint density at radius 1 is 0.750 bits per heavy atom. The Morgan fingerprint density at radius 2 is 1.25 bits per heavy atom. The van der Waals surface area contributed by atoms with E-state index in [1.165, 1.54) is 11.1 Å². The van der Waals surface area contributed by atoms with Crippen molar-refractivity contribution >= 4 is 31.9 Å². The van der Waals surface area contributed by atoms with Gasteiger partial charge in [0.05, 0.1) is 5.54 Å². The van der Waals surface area contributed by atoms with Gasteiger partial charge in [-0.05, 0) is 43.2 Å². The van der Waals surface area contributed by atoms with Gasteiger partial charge in [-0.15, -0.1) is 0 Å². The molecule has 3 rings (SSSR count). The summed E-state index contributed by atoms with van der Waals surface area (Å²) in [7, 11) is 0. The maximum absolute atomic E-state index is 7.08. The second-order valence-electron chi connectivity index (χ2n) is 7.01. The van der Waals surface area contributed by atoms with Crippen molar-refractivity contribution in [1.82, 2.24) is 0 Å². The Bertz CT molecular complexity index is 675. The predicted molar refractivity (Wildman–Crippen MR) is 109 cm³/mol. The van der Waals surface area contributed by atoms with Crippen molar-refractivity contribution in [2.45, 2.75) is 46.4 Å². The summed E-state index contributed by atoms with van der Waals surface area (Å²) < 4.78 is -0.370. The molecule has 0 heterocycles. The topological polar surface area (TPSA) is 52.0 Å². The predicted octanol–water partition coefficient (Wildman–Crippen LogP) is 4.54. The van der Waals surface area contributed by atoms with E-state index in [2.05, 4.69) is 80.4 Å². The molecule has 0 bridgehead atoms. The monoisotopic (exact) mass is 450 g/mol. The number of hydrogen-bond donors (Lipinski definition) is 2. The van der Waals surface area contributed by atoms with Crippen LogP contribution in [0.25, 0.3) is 0 Å². The molecular weight excluding hydrogens is 428 g/mol. The van der Waals surface area contributed by atoms with Crippen molar-refractivity contribution in [3.8, 4) is 0 Å². The minimum atomic E-state index is -0.602.